The molecule has 1 atom stereocenters. The summed E-state index contributed by atoms with van der Waals surface area (Å²) in [7, 11) is 0. The summed E-state index contributed by atoms with van der Waals surface area (Å²) >= 11 is 0. The van der Waals surface area contributed by atoms with E-state index >= 15 is 0 Å². The van der Waals surface area contributed by atoms with Crippen LogP contribution in [0.2, 0.25) is 0 Å². The Bertz CT molecular complexity index is 1180. The van der Waals surface area contributed by atoms with Crippen LogP contribution in [-0.2, 0) is 4.74 Å². The van der Waals surface area contributed by atoms with Crippen LogP contribution in [0.25, 0.3) is 11.3 Å². The predicted molar refractivity (Wildman–Crippen MR) is 130 cm³/mol. The molecule has 1 unspecified atom stereocenters. The van der Waals surface area contributed by atoms with Gasteiger partial charge in [-0.15, -0.1) is 0 Å². The van der Waals surface area contributed by atoms with Crippen LogP contribution in [0.4, 0.5) is 0 Å². The van der Waals surface area contributed by atoms with Crippen LogP contribution >= 0.6 is 0 Å². The van der Waals surface area contributed by atoms with Gasteiger partial charge >= 0.3 is 0 Å². The highest BCUT2D eigenvalue weighted by Crippen LogP contribution is 2.35. The number of aromatic nitrogens is 2. The zero-order valence-electron chi connectivity index (χ0n) is 19.5. The highest BCUT2D eigenvalue weighted by molar-refractivity contribution is 5.69. The van der Waals surface area contributed by atoms with Gasteiger partial charge in [0.25, 0.3) is 0 Å². The van der Waals surface area contributed by atoms with Crippen molar-refractivity contribution < 1.29 is 19.3 Å². The Kier molecular flexibility index (Phi) is 7.76. The quantitative estimate of drug-likeness (QED) is 0.488. The van der Waals surface area contributed by atoms with E-state index in [2.05, 4.69) is 28.7 Å². The molecule has 2 aromatic heterocycles. The summed E-state index contributed by atoms with van der Waals surface area (Å²) in [6, 6.07) is 13.1. The highest BCUT2D eigenvalue weighted by atomic mass is 16.6. The molecule has 0 bridgehead atoms. The van der Waals surface area contributed by atoms with Gasteiger partial charge in [0.15, 0.2) is 0 Å². The second-order valence-electron chi connectivity index (χ2n) is 8.15. The van der Waals surface area contributed by atoms with E-state index in [4.69, 9.17) is 19.9 Å². The van der Waals surface area contributed by atoms with Gasteiger partial charge in [-0.1, -0.05) is 24.8 Å². The molecule has 176 valence electrons. The first-order valence-electron chi connectivity index (χ1n) is 11.4. The first-order valence-corrected chi connectivity index (χ1v) is 11.4. The number of nitrogens with zero attached hydrogens (tertiary/aromatic N) is 2. The van der Waals surface area contributed by atoms with Crippen LogP contribution < -0.4 is 15.2 Å². The Morgan fingerprint density at radius 3 is 2.74 bits per heavy atom. The largest absolute Gasteiger partial charge is 0.469 e. The number of hydrogen-bond donors (Lipinski definition) is 2. The molecule has 3 N–H and O–H groups in total. The molecular formula is C27H29N3O4. The Balaban J connectivity index is 1.67. The number of nitrogens with two attached hydrogens (primary N) is 1. The molecule has 7 nitrogen and oxygen atoms in total. The minimum absolute atomic E-state index is 0.0152. The average molecular weight is 460 g/mol. The van der Waals surface area contributed by atoms with Crippen LogP contribution in [0.5, 0.6) is 17.4 Å². The molecule has 0 amide bonds. The van der Waals surface area contributed by atoms with E-state index in [0.29, 0.717) is 41.9 Å². The molecule has 7 heteroatoms. The molecule has 34 heavy (non-hydrogen) atoms. The molecule has 0 saturated carbocycles. The van der Waals surface area contributed by atoms with Crippen LogP contribution in [0, 0.1) is 18.8 Å². The van der Waals surface area contributed by atoms with Gasteiger partial charge in [0.1, 0.15) is 17.6 Å². The fourth-order valence-electron chi connectivity index (χ4n) is 3.39. The molecular weight excluding hydrogens is 430 g/mol. The highest BCUT2D eigenvalue weighted by Gasteiger charge is 2.21. The third-order valence-corrected chi connectivity index (χ3v) is 5.29. The summed E-state index contributed by atoms with van der Waals surface area (Å²) in [6.45, 7) is 5.27. The Hall–Kier alpha value is -3.44. The molecule has 0 spiro atoms. The van der Waals surface area contributed by atoms with Crippen molar-refractivity contribution in [2.75, 3.05) is 19.8 Å². The van der Waals surface area contributed by atoms with Gasteiger partial charge in [-0.05, 0) is 37.6 Å². The van der Waals surface area contributed by atoms with Gasteiger partial charge in [-0.2, -0.15) is 0 Å². The number of ether oxygens (including phenoxy) is 3. The first kappa shape index (κ1) is 23.7. The van der Waals surface area contributed by atoms with E-state index in [1.165, 1.54) is 0 Å². The summed E-state index contributed by atoms with van der Waals surface area (Å²) in [4.78, 5) is 8.99. The third-order valence-electron chi connectivity index (χ3n) is 5.29. The SMILES string of the molecule is CCCC#Cc1ccc(-c2ccc(C(O)CN)cn2)c(Oc2cc(C)nc(OC3COC3)c2)c1. The van der Waals surface area contributed by atoms with Crippen molar-refractivity contribution in [1.82, 2.24) is 9.97 Å². The van der Waals surface area contributed by atoms with Gasteiger partial charge in [-0.3, -0.25) is 4.98 Å². The summed E-state index contributed by atoms with van der Waals surface area (Å²) in [6.07, 6.45) is 2.74. The van der Waals surface area contributed by atoms with Gasteiger partial charge in [-0.25, -0.2) is 4.98 Å². The number of pyridine rings is 2. The van der Waals surface area contributed by atoms with Crippen molar-refractivity contribution >= 4 is 0 Å². The second kappa shape index (κ2) is 11.1. The van der Waals surface area contributed by atoms with E-state index in [-0.39, 0.29) is 12.6 Å². The number of unbranched alkanes of at least 4 members (excludes halogenated alkanes) is 1. The molecule has 0 aliphatic carbocycles. The maximum absolute atomic E-state index is 9.99. The van der Waals surface area contributed by atoms with Crippen LogP contribution in [-0.4, -0.2) is 40.9 Å². The molecule has 4 rings (SSSR count). The summed E-state index contributed by atoms with van der Waals surface area (Å²) in [5.74, 6) is 8.10. The number of benzene rings is 1. The maximum atomic E-state index is 9.99. The van der Waals surface area contributed by atoms with Gasteiger partial charge in [0.05, 0.1) is 25.0 Å². The van der Waals surface area contributed by atoms with E-state index in [1.807, 2.05) is 43.3 Å². The topological polar surface area (TPSA) is 99.7 Å². The van der Waals surface area contributed by atoms with E-state index < -0.39 is 6.10 Å². The molecule has 3 aromatic rings. The van der Waals surface area contributed by atoms with E-state index in [1.54, 1.807) is 12.3 Å². The van der Waals surface area contributed by atoms with Crippen molar-refractivity contribution in [3.05, 3.63) is 65.5 Å². The van der Waals surface area contributed by atoms with Crippen LogP contribution in [0.15, 0.2) is 48.7 Å². The van der Waals surface area contributed by atoms with Crippen molar-refractivity contribution in [2.45, 2.75) is 38.9 Å². The molecule has 1 aromatic carbocycles. The second-order valence-corrected chi connectivity index (χ2v) is 8.15. The van der Waals surface area contributed by atoms with Crippen molar-refractivity contribution in [3.63, 3.8) is 0 Å². The lowest BCUT2D eigenvalue weighted by Gasteiger charge is -2.26. The Morgan fingerprint density at radius 1 is 1.21 bits per heavy atom. The molecule has 1 aliphatic rings. The lowest BCUT2D eigenvalue weighted by Crippen LogP contribution is -2.38. The lowest BCUT2D eigenvalue weighted by molar-refractivity contribution is -0.0814. The van der Waals surface area contributed by atoms with Crippen LogP contribution in [0.1, 0.15) is 42.7 Å². The van der Waals surface area contributed by atoms with Crippen molar-refractivity contribution in [3.8, 4) is 40.5 Å². The van der Waals surface area contributed by atoms with Gasteiger partial charge in [0, 0.05) is 53.7 Å². The molecule has 1 saturated heterocycles. The normalized spacial score (nSPS) is 14.0. The first-order chi connectivity index (χ1) is 16.6. The standard InChI is InChI=1S/C27H29N3O4/c1-3-4-5-6-19-7-9-23(24-10-8-20(15-29-24)25(31)14-28)26(12-19)33-21-11-18(2)30-27(13-21)34-22-16-32-17-22/h7-13,15,22,25,31H,3-4,14,16-17,28H2,1-2H3. The zero-order valence-corrected chi connectivity index (χ0v) is 19.5. The van der Waals surface area contributed by atoms with Gasteiger partial charge in [0.2, 0.25) is 5.88 Å². The Morgan fingerprint density at radius 2 is 2.06 bits per heavy atom. The fraction of sp³-hybridized carbons (Fsp3) is 0.333. The van der Waals surface area contributed by atoms with Gasteiger partial charge < -0.3 is 25.1 Å². The molecule has 3 heterocycles. The molecule has 0 radical (unpaired) electrons. The van der Waals surface area contributed by atoms with Crippen molar-refractivity contribution in [2.24, 2.45) is 5.73 Å². The average Bonchev–Trinajstić information content (AvgIpc) is 2.81. The molecule has 1 fully saturated rings. The zero-order chi connectivity index (χ0) is 23.9. The number of aliphatic hydroxyl groups is 1. The van der Waals surface area contributed by atoms with E-state index in [0.717, 1.165) is 29.7 Å². The maximum Gasteiger partial charge on any atom is 0.217 e. The van der Waals surface area contributed by atoms with Crippen molar-refractivity contribution in [1.29, 1.82) is 0 Å². The Labute approximate surface area is 199 Å². The number of rotatable bonds is 8. The minimum atomic E-state index is -0.743. The number of aryl methyl sites for hydroxylation is 1. The molecule has 1 aliphatic heterocycles. The lowest BCUT2D eigenvalue weighted by atomic mass is 10.0. The monoisotopic (exact) mass is 459 g/mol. The summed E-state index contributed by atoms with van der Waals surface area (Å²) < 4.78 is 17.4. The predicted octanol–water partition coefficient (Wildman–Crippen LogP) is 4.17. The fourth-order valence-corrected chi connectivity index (χ4v) is 3.39. The number of hydrogen-bond acceptors (Lipinski definition) is 7. The third kappa shape index (κ3) is 5.91. The minimum Gasteiger partial charge on any atom is -0.469 e. The summed E-state index contributed by atoms with van der Waals surface area (Å²) in [5.41, 5.74) is 9.39. The van der Waals surface area contributed by atoms with Crippen LogP contribution in [0.3, 0.4) is 0 Å². The summed E-state index contributed by atoms with van der Waals surface area (Å²) in [5, 5.41) is 9.99. The smallest absolute Gasteiger partial charge is 0.217 e. The number of aliphatic hydroxyl groups excluding tert-OH is 1. The van der Waals surface area contributed by atoms with E-state index in [9.17, 15) is 5.11 Å².